The van der Waals surface area contributed by atoms with Crippen LogP contribution in [-0.4, -0.2) is 34.6 Å². The Morgan fingerprint density at radius 2 is 1.85 bits per heavy atom. The van der Waals surface area contributed by atoms with Gasteiger partial charge in [0.2, 0.25) is 11.6 Å². The van der Waals surface area contributed by atoms with Crippen LogP contribution < -0.4 is 0 Å². The van der Waals surface area contributed by atoms with Crippen molar-refractivity contribution in [3.8, 4) is 0 Å². The number of ether oxygens (including phenoxy) is 1. The van der Waals surface area contributed by atoms with Crippen LogP contribution in [0.4, 0.5) is 0 Å². The van der Waals surface area contributed by atoms with E-state index < -0.39 is 17.5 Å². The second-order valence-corrected chi connectivity index (χ2v) is 7.13. The number of fused-ring (bicyclic) bond motifs is 2. The lowest BCUT2D eigenvalue weighted by atomic mass is 10.0. The summed E-state index contributed by atoms with van der Waals surface area (Å²) in [6.07, 6.45) is 1.52. The summed E-state index contributed by atoms with van der Waals surface area (Å²) in [6.45, 7) is 1.89. The SMILES string of the molecule is COC(=O)c1[nH]c2cc(C)sc2c1C(=O)C(=O)c1c[nH]c2ccccc12. The summed E-state index contributed by atoms with van der Waals surface area (Å²) in [6, 6.07) is 9.07. The first-order chi connectivity index (χ1) is 12.5. The number of ketones is 2. The molecule has 4 aromatic rings. The molecule has 0 unspecified atom stereocenters. The van der Waals surface area contributed by atoms with E-state index in [9.17, 15) is 14.4 Å². The minimum Gasteiger partial charge on any atom is -0.464 e. The summed E-state index contributed by atoms with van der Waals surface area (Å²) < 4.78 is 5.35. The number of aromatic nitrogens is 2. The molecule has 2 N–H and O–H groups in total. The molecule has 26 heavy (non-hydrogen) atoms. The highest BCUT2D eigenvalue weighted by atomic mass is 32.1. The Kier molecular flexibility index (Phi) is 3.73. The van der Waals surface area contributed by atoms with Crippen molar-refractivity contribution in [1.82, 2.24) is 9.97 Å². The molecule has 0 aliphatic carbocycles. The average molecular weight is 366 g/mol. The Labute approximate surface area is 151 Å². The Balaban J connectivity index is 1.87. The van der Waals surface area contributed by atoms with Crippen LogP contribution in [0.2, 0.25) is 0 Å². The fourth-order valence-electron chi connectivity index (χ4n) is 3.07. The summed E-state index contributed by atoms with van der Waals surface area (Å²) >= 11 is 1.35. The number of thiophene rings is 1. The number of nitrogens with one attached hydrogen (secondary N) is 2. The van der Waals surface area contributed by atoms with E-state index in [1.165, 1.54) is 24.6 Å². The van der Waals surface area contributed by atoms with Gasteiger partial charge in [0, 0.05) is 22.0 Å². The molecular formula is C19H14N2O4S. The number of H-pyrrole nitrogens is 2. The first kappa shape index (κ1) is 16.3. The highest BCUT2D eigenvalue weighted by Crippen LogP contribution is 2.32. The number of methoxy groups -OCH3 is 1. The Morgan fingerprint density at radius 3 is 2.62 bits per heavy atom. The summed E-state index contributed by atoms with van der Waals surface area (Å²) in [5.74, 6) is -2.08. The van der Waals surface area contributed by atoms with Crippen LogP contribution in [0.5, 0.6) is 0 Å². The standard InChI is InChI=1S/C19H14N2O4S/c1-9-7-13-18(26-9)14(15(21-13)19(24)25-2)17(23)16(22)11-8-20-12-6-4-3-5-10(11)12/h3-8,20-21H,1-2H3. The van der Waals surface area contributed by atoms with Crippen molar-refractivity contribution in [2.75, 3.05) is 7.11 Å². The van der Waals surface area contributed by atoms with Crippen LogP contribution in [0.1, 0.15) is 36.1 Å². The van der Waals surface area contributed by atoms with Crippen molar-refractivity contribution >= 4 is 50.0 Å². The van der Waals surface area contributed by atoms with Gasteiger partial charge in [0.25, 0.3) is 0 Å². The van der Waals surface area contributed by atoms with E-state index in [-0.39, 0.29) is 16.8 Å². The smallest absolute Gasteiger partial charge is 0.355 e. The Bertz CT molecular complexity index is 1200. The lowest BCUT2D eigenvalue weighted by Crippen LogP contribution is -2.17. The Morgan fingerprint density at radius 1 is 1.08 bits per heavy atom. The van der Waals surface area contributed by atoms with Gasteiger partial charge in [-0.15, -0.1) is 11.3 Å². The molecule has 0 atom stereocenters. The number of Topliss-reactive ketones (excluding diaryl/α,β-unsaturated/α-hetero) is 2. The van der Waals surface area contributed by atoms with Crippen LogP contribution in [0.25, 0.3) is 21.1 Å². The summed E-state index contributed by atoms with van der Waals surface area (Å²) in [5, 5.41) is 0.666. The summed E-state index contributed by atoms with van der Waals surface area (Å²) in [7, 11) is 1.23. The summed E-state index contributed by atoms with van der Waals surface area (Å²) in [4.78, 5) is 44.9. The predicted molar refractivity (Wildman–Crippen MR) is 99.2 cm³/mol. The fourth-order valence-corrected chi connectivity index (χ4v) is 4.09. The number of rotatable bonds is 4. The van der Waals surface area contributed by atoms with Crippen LogP contribution in [-0.2, 0) is 4.74 Å². The first-order valence-electron chi connectivity index (χ1n) is 7.87. The minimum atomic E-state index is -0.733. The maximum absolute atomic E-state index is 13.0. The van der Waals surface area contributed by atoms with E-state index in [1.807, 2.05) is 25.1 Å². The molecule has 0 saturated heterocycles. The molecule has 0 bridgehead atoms. The van der Waals surface area contributed by atoms with Crippen molar-refractivity contribution < 1.29 is 19.1 Å². The molecule has 0 saturated carbocycles. The van der Waals surface area contributed by atoms with Crippen LogP contribution in [0, 0.1) is 6.92 Å². The van der Waals surface area contributed by atoms with E-state index >= 15 is 0 Å². The second kappa shape index (κ2) is 5.96. The zero-order valence-electron chi connectivity index (χ0n) is 14.0. The van der Waals surface area contributed by atoms with Crippen LogP contribution >= 0.6 is 11.3 Å². The molecule has 0 amide bonds. The molecule has 6 nitrogen and oxygen atoms in total. The van der Waals surface area contributed by atoms with Crippen molar-refractivity contribution in [2.24, 2.45) is 0 Å². The number of aromatic amines is 2. The van der Waals surface area contributed by atoms with E-state index in [0.717, 1.165) is 10.4 Å². The van der Waals surface area contributed by atoms with Gasteiger partial charge in [0.05, 0.1) is 28.5 Å². The molecule has 0 fully saturated rings. The van der Waals surface area contributed by atoms with Gasteiger partial charge in [-0.05, 0) is 19.1 Å². The number of para-hydroxylation sites is 1. The van der Waals surface area contributed by atoms with Crippen molar-refractivity contribution in [3.63, 3.8) is 0 Å². The molecule has 7 heteroatoms. The summed E-state index contributed by atoms with van der Waals surface area (Å²) in [5.41, 5.74) is 1.77. The van der Waals surface area contributed by atoms with Crippen LogP contribution in [0.15, 0.2) is 36.5 Å². The van der Waals surface area contributed by atoms with Gasteiger partial charge >= 0.3 is 5.97 Å². The zero-order chi connectivity index (χ0) is 18.4. The van der Waals surface area contributed by atoms with E-state index in [4.69, 9.17) is 4.74 Å². The lowest BCUT2D eigenvalue weighted by Gasteiger charge is -2.02. The van der Waals surface area contributed by atoms with Gasteiger partial charge in [0.1, 0.15) is 5.69 Å². The highest BCUT2D eigenvalue weighted by molar-refractivity contribution is 7.19. The molecule has 0 aliphatic heterocycles. The molecule has 1 aromatic carbocycles. The van der Waals surface area contributed by atoms with E-state index in [1.54, 1.807) is 12.1 Å². The maximum Gasteiger partial charge on any atom is 0.355 e. The molecule has 4 rings (SSSR count). The van der Waals surface area contributed by atoms with Gasteiger partial charge in [-0.3, -0.25) is 9.59 Å². The number of benzene rings is 1. The highest BCUT2D eigenvalue weighted by Gasteiger charge is 2.30. The average Bonchev–Trinajstić information content (AvgIpc) is 3.31. The number of hydrogen-bond donors (Lipinski definition) is 2. The maximum atomic E-state index is 13.0. The third-order valence-electron chi connectivity index (χ3n) is 4.25. The number of aryl methyl sites for hydroxylation is 1. The first-order valence-corrected chi connectivity index (χ1v) is 8.68. The molecular weight excluding hydrogens is 352 g/mol. The molecule has 0 spiro atoms. The van der Waals surface area contributed by atoms with Crippen molar-refractivity contribution in [3.05, 3.63) is 58.2 Å². The molecule has 130 valence electrons. The van der Waals surface area contributed by atoms with Crippen molar-refractivity contribution in [1.29, 1.82) is 0 Å². The quantitative estimate of drug-likeness (QED) is 0.326. The molecule has 0 radical (unpaired) electrons. The molecule has 3 aromatic heterocycles. The number of carbonyl (C=O) groups excluding carboxylic acids is 3. The Hall–Kier alpha value is -3.19. The lowest BCUT2D eigenvalue weighted by molar-refractivity contribution is 0.0591. The van der Waals surface area contributed by atoms with Gasteiger partial charge in [-0.2, -0.15) is 0 Å². The predicted octanol–water partition coefficient (Wildman–Crippen LogP) is 3.87. The number of hydrogen-bond acceptors (Lipinski definition) is 5. The second-order valence-electron chi connectivity index (χ2n) is 5.87. The van der Waals surface area contributed by atoms with Gasteiger partial charge in [-0.1, -0.05) is 18.2 Å². The van der Waals surface area contributed by atoms with Gasteiger partial charge in [-0.25, -0.2) is 4.79 Å². The third-order valence-corrected chi connectivity index (χ3v) is 5.32. The van der Waals surface area contributed by atoms with Gasteiger partial charge in [0.15, 0.2) is 0 Å². The normalized spacial score (nSPS) is 11.2. The fraction of sp³-hybridized carbons (Fsp3) is 0.105. The monoisotopic (exact) mass is 366 g/mol. The molecule has 3 heterocycles. The van der Waals surface area contributed by atoms with Crippen LogP contribution in [0.3, 0.4) is 0 Å². The van der Waals surface area contributed by atoms with E-state index in [0.29, 0.717) is 15.6 Å². The molecule has 0 aliphatic rings. The van der Waals surface area contributed by atoms with Gasteiger partial charge < -0.3 is 14.7 Å². The van der Waals surface area contributed by atoms with Crippen molar-refractivity contribution in [2.45, 2.75) is 6.92 Å². The number of esters is 1. The number of carbonyl (C=O) groups is 3. The third kappa shape index (κ3) is 2.36. The van der Waals surface area contributed by atoms with E-state index in [2.05, 4.69) is 9.97 Å². The largest absolute Gasteiger partial charge is 0.464 e. The zero-order valence-corrected chi connectivity index (χ0v) is 14.8. The minimum absolute atomic E-state index is 0.00643. The topological polar surface area (TPSA) is 92.0 Å².